The number of urea groups is 1. The van der Waals surface area contributed by atoms with E-state index >= 15 is 0 Å². The summed E-state index contributed by atoms with van der Waals surface area (Å²) in [6.07, 6.45) is 5.64. The fourth-order valence-electron chi connectivity index (χ4n) is 2.63. The lowest BCUT2D eigenvalue weighted by atomic mass is 9.74. The molecule has 0 spiro atoms. The molecule has 0 bridgehead atoms. The first-order valence-corrected chi connectivity index (χ1v) is 7.11. The number of hydrogen-bond donors (Lipinski definition) is 3. The molecule has 1 aromatic heterocycles. The van der Waals surface area contributed by atoms with Gasteiger partial charge in [-0.2, -0.15) is 0 Å². The third-order valence-corrected chi connectivity index (χ3v) is 4.06. The highest BCUT2D eigenvalue weighted by Crippen LogP contribution is 2.35. The van der Waals surface area contributed by atoms with Crippen molar-refractivity contribution in [2.24, 2.45) is 12.5 Å². The molecule has 1 fully saturated rings. The zero-order valence-electron chi connectivity index (χ0n) is 12.1. The highest BCUT2D eigenvalue weighted by Gasteiger charge is 2.39. The Hall–Kier alpha value is -2.12. The number of carboxylic acid groups (broad SMARTS) is 1. The predicted octanol–water partition coefficient (Wildman–Crippen LogP) is 0.649. The summed E-state index contributed by atoms with van der Waals surface area (Å²) in [5, 5.41) is 22.3. The molecule has 0 aliphatic heterocycles. The SMILES string of the molecule is Cn1cnnc1CNC(=O)NCC1(C(=O)O)CCCCC1. The van der Waals surface area contributed by atoms with Gasteiger partial charge in [0.1, 0.15) is 6.33 Å². The van der Waals surface area contributed by atoms with Crippen molar-refractivity contribution >= 4 is 12.0 Å². The van der Waals surface area contributed by atoms with Gasteiger partial charge in [-0.05, 0) is 12.8 Å². The average molecular weight is 295 g/mol. The van der Waals surface area contributed by atoms with Gasteiger partial charge in [0.15, 0.2) is 5.82 Å². The van der Waals surface area contributed by atoms with Crippen molar-refractivity contribution in [2.45, 2.75) is 38.6 Å². The van der Waals surface area contributed by atoms with E-state index in [0.29, 0.717) is 18.7 Å². The van der Waals surface area contributed by atoms with Crippen molar-refractivity contribution in [1.82, 2.24) is 25.4 Å². The number of hydrogen-bond acceptors (Lipinski definition) is 4. The Morgan fingerprint density at radius 1 is 1.33 bits per heavy atom. The van der Waals surface area contributed by atoms with Gasteiger partial charge in [-0.15, -0.1) is 10.2 Å². The molecule has 0 atom stereocenters. The lowest BCUT2D eigenvalue weighted by Crippen LogP contribution is -2.47. The van der Waals surface area contributed by atoms with Gasteiger partial charge in [0.05, 0.1) is 12.0 Å². The Morgan fingerprint density at radius 3 is 2.62 bits per heavy atom. The molecule has 0 aromatic carbocycles. The van der Waals surface area contributed by atoms with Crippen LogP contribution in [0, 0.1) is 5.41 Å². The van der Waals surface area contributed by atoms with E-state index in [1.165, 1.54) is 0 Å². The van der Waals surface area contributed by atoms with Gasteiger partial charge in [0.2, 0.25) is 0 Å². The molecular weight excluding hydrogens is 274 g/mol. The number of nitrogens with zero attached hydrogens (tertiary/aromatic N) is 3. The molecule has 1 aliphatic rings. The molecule has 21 heavy (non-hydrogen) atoms. The van der Waals surface area contributed by atoms with Crippen LogP contribution in [0.4, 0.5) is 4.79 Å². The van der Waals surface area contributed by atoms with Gasteiger partial charge in [-0.25, -0.2) is 4.79 Å². The van der Waals surface area contributed by atoms with E-state index in [1.54, 1.807) is 17.9 Å². The zero-order chi connectivity index (χ0) is 15.3. The number of nitrogens with one attached hydrogen (secondary N) is 2. The van der Waals surface area contributed by atoms with E-state index in [2.05, 4.69) is 20.8 Å². The van der Waals surface area contributed by atoms with Crippen LogP contribution in [0.5, 0.6) is 0 Å². The molecule has 0 saturated heterocycles. The fourth-order valence-corrected chi connectivity index (χ4v) is 2.63. The molecule has 116 valence electrons. The van der Waals surface area contributed by atoms with Crippen molar-refractivity contribution < 1.29 is 14.7 Å². The molecule has 3 N–H and O–H groups in total. The summed E-state index contributed by atoms with van der Waals surface area (Å²) < 4.78 is 1.71. The maximum Gasteiger partial charge on any atom is 0.315 e. The van der Waals surface area contributed by atoms with Crippen molar-refractivity contribution in [1.29, 1.82) is 0 Å². The second kappa shape index (κ2) is 6.55. The standard InChI is InChI=1S/C13H21N5O3/c1-18-9-16-17-10(18)7-14-12(21)15-8-13(11(19)20)5-3-2-4-6-13/h9H,2-8H2,1H3,(H,19,20)(H2,14,15,21). The third kappa shape index (κ3) is 3.71. The minimum absolute atomic E-state index is 0.160. The van der Waals surface area contributed by atoms with E-state index in [4.69, 9.17) is 0 Å². The van der Waals surface area contributed by atoms with E-state index < -0.39 is 11.4 Å². The first kappa shape index (κ1) is 15.3. The van der Waals surface area contributed by atoms with Crippen molar-refractivity contribution in [3.8, 4) is 0 Å². The smallest absolute Gasteiger partial charge is 0.315 e. The fraction of sp³-hybridized carbons (Fsp3) is 0.692. The quantitative estimate of drug-likeness (QED) is 0.739. The van der Waals surface area contributed by atoms with Gasteiger partial charge in [-0.1, -0.05) is 19.3 Å². The third-order valence-electron chi connectivity index (χ3n) is 4.06. The van der Waals surface area contributed by atoms with E-state index in [0.717, 1.165) is 19.3 Å². The van der Waals surface area contributed by atoms with Crippen LogP contribution in [-0.4, -0.2) is 38.4 Å². The monoisotopic (exact) mass is 295 g/mol. The predicted molar refractivity (Wildman–Crippen MR) is 74.4 cm³/mol. The molecule has 0 radical (unpaired) electrons. The Bertz CT molecular complexity index is 508. The van der Waals surface area contributed by atoms with Crippen LogP contribution in [0.15, 0.2) is 6.33 Å². The summed E-state index contributed by atoms with van der Waals surface area (Å²) in [5.74, 6) is -0.188. The van der Waals surface area contributed by atoms with Crippen LogP contribution in [0.2, 0.25) is 0 Å². The summed E-state index contributed by atoms with van der Waals surface area (Å²) in [6.45, 7) is 0.412. The number of rotatable bonds is 5. The van der Waals surface area contributed by atoms with Crippen LogP contribution in [0.25, 0.3) is 0 Å². The Labute approximate surface area is 122 Å². The number of carboxylic acids is 1. The second-order valence-corrected chi connectivity index (χ2v) is 5.54. The van der Waals surface area contributed by atoms with E-state index in [-0.39, 0.29) is 19.1 Å². The van der Waals surface area contributed by atoms with Gasteiger partial charge in [0, 0.05) is 13.6 Å². The summed E-state index contributed by atoms with van der Waals surface area (Å²) in [7, 11) is 1.79. The number of aliphatic carboxylic acids is 1. The first-order chi connectivity index (χ1) is 10.0. The number of aromatic nitrogens is 3. The summed E-state index contributed by atoms with van der Waals surface area (Å²) in [6, 6.07) is -0.385. The molecule has 2 rings (SSSR count). The molecule has 8 nitrogen and oxygen atoms in total. The van der Waals surface area contributed by atoms with Crippen LogP contribution in [0.1, 0.15) is 37.9 Å². The highest BCUT2D eigenvalue weighted by molar-refractivity contribution is 5.78. The second-order valence-electron chi connectivity index (χ2n) is 5.54. The minimum Gasteiger partial charge on any atom is -0.481 e. The molecule has 0 unspecified atom stereocenters. The number of carbonyl (C=O) groups is 2. The van der Waals surface area contributed by atoms with Gasteiger partial charge in [-0.3, -0.25) is 4.79 Å². The Balaban J connectivity index is 1.82. The summed E-state index contributed by atoms with van der Waals surface area (Å²) in [4.78, 5) is 23.3. The molecule has 1 heterocycles. The molecule has 1 saturated carbocycles. The first-order valence-electron chi connectivity index (χ1n) is 7.11. The van der Waals surface area contributed by atoms with Gasteiger partial charge >= 0.3 is 12.0 Å². The normalized spacial score (nSPS) is 17.2. The van der Waals surface area contributed by atoms with Gasteiger partial charge < -0.3 is 20.3 Å². The molecule has 8 heteroatoms. The number of carbonyl (C=O) groups excluding carboxylic acids is 1. The maximum atomic E-state index is 11.8. The van der Waals surface area contributed by atoms with E-state index in [1.807, 2.05) is 0 Å². The maximum absolute atomic E-state index is 11.8. The van der Waals surface area contributed by atoms with Crippen LogP contribution < -0.4 is 10.6 Å². The number of aryl methyl sites for hydroxylation is 1. The summed E-state index contributed by atoms with van der Waals surface area (Å²) in [5.41, 5.74) is -0.819. The lowest BCUT2D eigenvalue weighted by Gasteiger charge is -2.33. The zero-order valence-corrected chi connectivity index (χ0v) is 12.1. The van der Waals surface area contributed by atoms with Gasteiger partial charge in [0.25, 0.3) is 0 Å². The van der Waals surface area contributed by atoms with E-state index in [9.17, 15) is 14.7 Å². The van der Waals surface area contributed by atoms with Crippen LogP contribution >= 0.6 is 0 Å². The highest BCUT2D eigenvalue weighted by atomic mass is 16.4. The summed E-state index contributed by atoms with van der Waals surface area (Å²) >= 11 is 0. The minimum atomic E-state index is -0.823. The number of amides is 2. The van der Waals surface area contributed by atoms with Crippen molar-refractivity contribution in [2.75, 3.05) is 6.54 Å². The Morgan fingerprint density at radius 2 is 2.05 bits per heavy atom. The lowest BCUT2D eigenvalue weighted by molar-refractivity contribution is -0.150. The Kier molecular flexibility index (Phi) is 4.77. The van der Waals surface area contributed by atoms with Crippen molar-refractivity contribution in [3.05, 3.63) is 12.2 Å². The molecule has 1 aromatic rings. The largest absolute Gasteiger partial charge is 0.481 e. The molecule has 2 amide bonds. The van der Waals surface area contributed by atoms with Crippen LogP contribution in [-0.2, 0) is 18.4 Å². The topological polar surface area (TPSA) is 109 Å². The molecule has 1 aliphatic carbocycles. The van der Waals surface area contributed by atoms with Crippen molar-refractivity contribution in [3.63, 3.8) is 0 Å². The molecular formula is C13H21N5O3. The van der Waals surface area contributed by atoms with Crippen LogP contribution in [0.3, 0.4) is 0 Å². The average Bonchev–Trinajstić information content (AvgIpc) is 2.89.